The molecule has 2 fully saturated rings. The summed E-state index contributed by atoms with van der Waals surface area (Å²) in [6.45, 7) is 18.9. The maximum atomic E-state index is 12.5. The van der Waals surface area contributed by atoms with Gasteiger partial charge in [0.2, 0.25) is 5.91 Å². The second-order valence-electron chi connectivity index (χ2n) is 16.6. The molecule has 0 aliphatic carbocycles. The number of aromatic nitrogens is 1. The van der Waals surface area contributed by atoms with Crippen LogP contribution in [0.2, 0.25) is 0 Å². The van der Waals surface area contributed by atoms with Crippen LogP contribution in [0.25, 0.3) is 6.08 Å². The molecule has 1 amide bonds. The van der Waals surface area contributed by atoms with Crippen molar-refractivity contribution < 1.29 is 57.2 Å². The van der Waals surface area contributed by atoms with Crippen LogP contribution in [-0.4, -0.2) is 93.6 Å². The van der Waals surface area contributed by atoms with Gasteiger partial charge in [0.15, 0.2) is 11.7 Å². The summed E-state index contributed by atoms with van der Waals surface area (Å²) in [7, 11) is -2.01. The smallest absolute Gasteiger partial charge is 0.449 e. The summed E-state index contributed by atoms with van der Waals surface area (Å²) >= 11 is 0. The first-order valence-electron chi connectivity index (χ1n) is 19.4. The van der Waals surface area contributed by atoms with E-state index in [0.717, 1.165) is 16.7 Å². The van der Waals surface area contributed by atoms with Gasteiger partial charge in [-0.15, -0.1) is 0 Å². The van der Waals surface area contributed by atoms with Gasteiger partial charge in [-0.25, -0.2) is 9.55 Å². The lowest BCUT2D eigenvalue weighted by Crippen LogP contribution is -2.58. The Morgan fingerprint density at radius 2 is 1.75 bits per heavy atom. The molecule has 0 radical (unpaired) electrons. The summed E-state index contributed by atoms with van der Waals surface area (Å²) in [5.74, 6) is -2.23. The minimum atomic E-state index is -5.06. The van der Waals surface area contributed by atoms with E-state index in [4.69, 9.17) is 33.6 Å². The molecule has 1 aromatic heterocycles. The Kier molecular flexibility index (Phi) is 17.1. The zero-order chi connectivity index (χ0) is 42.3. The fraction of sp³-hybridized carbons (Fsp3) is 0.707. The molecule has 14 nitrogen and oxygen atoms in total. The summed E-state index contributed by atoms with van der Waals surface area (Å²) in [5, 5.41) is 23.0. The molecule has 0 aromatic carbocycles. The van der Waals surface area contributed by atoms with E-state index in [1.54, 1.807) is 41.1 Å². The fourth-order valence-electron chi connectivity index (χ4n) is 8.17. The second-order valence-corrected chi connectivity index (χ2v) is 17.7. The van der Waals surface area contributed by atoms with Crippen molar-refractivity contribution in [2.45, 2.75) is 143 Å². The van der Waals surface area contributed by atoms with E-state index in [2.05, 4.69) is 18.0 Å². The normalized spacial score (nSPS) is 29.7. The van der Waals surface area contributed by atoms with E-state index in [0.29, 0.717) is 24.4 Å². The van der Waals surface area contributed by atoms with E-state index in [9.17, 15) is 29.4 Å². The summed E-state index contributed by atoms with van der Waals surface area (Å²) in [6.07, 6.45) is 6.15. The molecule has 2 aliphatic heterocycles. The van der Waals surface area contributed by atoms with Crippen LogP contribution < -0.4 is 5.73 Å². The molecule has 56 heavy (non-hydrogen) atoms. The van der Waals surface area contributed by atoms with Crippen LogP contribution in [0.15, 0.2) is 51.7 Å². The summed E-state index contributed by atoms with van der Waals surface area (Å²) in [6, 6.07) is 0. The molecule has 3 rings (SSSR count). The fourth-order valence-corrected chi connectivity index (χ4v) is 8.85. The van der Waals surface area contributed by atoms with Crippen molar-refractivity contribution in [1.82, 2.24) is 4.98 Å². The summed E-state index contributed by atoms with van der Waals surface area (Å²) in [5.41, 5.74) is 7.69. The third-order valence-corrected chi connectivity index (χ3v) is 12.2. The highest BCUT2D eigenvalue weighted by molar-refractivity contribution is 7.46. The van der Waals surface area contributed by atoms with Gasteiger partial charge in [-0.2, -0.15) is 0 Å². The van der Waals surface area contributed by atoms with E-state index >= 15 is 0 Å². The Morgan fingerprint density at radius 1 is 1.11 bits per heavy atom. The quantitative estimate of drug-likeness (QED) is 0.0601. The first-order valence-corrected chi connectivity index (χ1v) is 20.9. The Bertz CT molecular complexity index is 1630. The van der Waals surface area contributed by atoms with Crippen LogP contribution in [0.4, 0.5) is 0 Å². The van der Waals surface area contributed by atoms with Crippen LogP contribution in [0.3, 0.4) is 0 Å². The summed E-state index contributed by atoms with van der Waals surface area (Å²) in [4.78, 5) is 35.8. The number of methoxy groups -OCH3 is 2. The number of carbonyl (C=O) groups is 1. The molecule has 0 saturated carbocycles. The minimum Gasteiger partial charge on any atom is -0.449 e. The van der Waals surface area contributed by atoms with E-state index in [1.807, 2.05) is 52.8 Å². The largest absolute Gasteiger partial charge is 0.469 e. The lowest BCUT2D eigenvalue weighted by Gasteiger charge is -2.50. The first kappa shape index (κ1) is 47.9. The van der Waals surface area contributed by atoms with Gasteiger partial charge in [-0.05, 0) is 45.6 Å². The number of hydrogen-bond donors (Lipinski definition) is 5. The van der Waals surface area contributed by atoms with Gasteiger partial charge in [0.25, 0.3) is 0 Å². The summed E-state index contributed by atoms with van der Waals surface area (Å²) < 4.78 is 48.7. The minimum absolute atomic E-state index is 0.0377. The highest BCUT2D eigenvalue weighted by Gasteiger charge is 2.68. The van der Waals surface area contributed by atoms with E-state index in [-0.39, 0.29) is 36.7 Å². The van der Waals surface area contributed by atoms with Gasteiger partial charge in [-0.1, -0.05) is 76.5 Å². The van der Waals surface area contributed by atoms with Gasteiger partial charge in [0.1, 0.15) is 24.2 Å². The molecule has 3 heterocycles. The molecule has 318 valence electrons. The Balaban J connectivity index is 1.84. The molecular formula is C41H67N2O12P. The lowest BCUT2D eigenvalue weighted by atomic mass is 9.72. The van der Waals surface area contributed by atoms with E-state index < -0.39 is 67.5 Å². The number of hydrogen-bond acceptors (Lipinski definition) is 11. The second kappa shape index (κ2) is 20.0. The van der Waals surface area contributed by atoms with Crippen LogP contribution in [0.5, 0.6) is 0 Å². The van der Waals surface area contributed by atoms with Crippen molar-refractivity contribution in [3.8, 4) is 0 Å². The highest BCUT2D eigenvalue weighted by Crippen LogP contribution is 2.59. The molecule has 1 spiro atoms. The number of rotatable bonds is 19. The number of phosphoric acid groups is 1. The molecular weight excluding hydrogens is 743 g/mol. The van der Waals surface area contributed by atoms with Gasteiger partial charge < -0.3 is 49.1 Å². The third-order valence-electron chi connectivity index (χ3n) is 11.7. The Hall–Kier alpha value is -2.49. The number of carbonyl (C=O) groups excluding carboxylic acids is 1. The number of amides is 1. The Labute approximate surface area is 332 Å². The van der Waals surface area contributed by atoms with Crippen LogP contribution in [0, 0.1) is 36.0 Å². The Morgan fingerprint density at radius 3 is 2.30 bits per heavy atom. The zero-order valence-electron chi connectivity index (χ0n) is 35.2. The first-order chi connectivity index (χ1) is 25.9. The maximum Gasteiger partial charge on any atom is 0.469 e. The van der Waals surface area contributed by atoms with Crippen molar-refractivity contribution in [3.63, 3.8) is 0 Å². The topological polar surface area (TPSA) is 213 Å². The predicted molar refractivity (Wildman–Crippen MR) is 213 cm³/mol. The van der Waals surface area contributed by atoms with Crippen molar-refractivity contribution in [1.29, 1.82) is 0 Å². The van der Waals surface area contributed by atoms with Crippen molar-refractivity contribution in [3.05, 3.63) is 58.9 Å². The van der Waals surface area contributed by atoms with Crippen LogP contribution in [0.1, 0.15) is 99.6 Å². The van der Waals surface area contributed by atoms with Crippen LogP contribution >= 0.6 is 7.82 Å². The van der Waals surface area contributed by atoms with Crippen molar-refractivity contribution in [2.75, 3.05) is 14.2 Å². The third kappa shape index (κ3) is 12.3. The number of allylic oxidation sites excluding steroid dienone is 4. The predicted octanol–water partition coefficient (Wildman–Crippen LogP) is 6.18. The average molecular weight is 811 g/mol. The molecule has 7 unspecified atom stereocenters. The maximum absolute atomic E-state index is 12.5. The SMILES string of the molecule is COC(CC(O)C(C)C(O)C(C)/C=C(C)\C(C)=C\C(C)C/C(C)=C/C(N)=O)[C@H]1O[C@@]2(C[C@H](OC)[C@H](C)[C@H](C/C=C/c3coc(C)n3)O2)C(C)(C)C1OP(=O)(O)O. The number of oxazole rings is 1. The number of ether oxygens (including phenoxy) is 4. The number of nitrogens with two attached hydrogens (primary N) is 1. The number of primary amides is 1. The molecule has 2 saturated heterocycles. The van der Waals surface area contributed by atoms with E-state index in [1.165, 1.54) is 13.2 Å². The monoisotopic (exact) mass is 810 g/mol. The molecule has 0 bridgehead atoms. The van der Waals surface area contributed by atoms with Gasteiger partial charge in [0, 0.05) is 63.2 Å². The van der Waals surface area contributed by atoms with Crippen molar-refractivity contribution >= 4 is 19.8 Å². The zero-order valence-corrected chi connectivity index (χ0v) is 36.1. The van der Waals surface area contributed by atoms with Gasteiger partial charge >= 0.3 is 7.82 Å². The van der Waals surface area contributed by atoms with Gasteiger partial charge in [-0.3, -0.25) is 9.32 Å². The van der Waals surface area contributed by atoms with Gasteiger partial charge in [0.05, 0.1) is 30.5 Å². The lowest BCUT2D eigenvalue weighted by molar-refractivity contribution is -0.336. The molecule has 15 heteroatoms. The number of nitrogens with zero attached hydrogens (tertiary/aromatic N) is 1. The number of aliphatic hydroxyl groups excluding tert-OH is 2. The molecule has 6 N–H and O–H groups in total. The average Bonchev–Trinajstić information content (AvgIpc) is 3.59. The van der Waals surface area contributed by atoms with Crippen LogP contribution in [-0.2, 0) is 32.8 Å². The number of aliphatic hydroxyl groups is 2. The molecule has 12 atom stereocenters. The number of aryl methyl sites for hydroxylation is 1. The number of phosphoric ester groups is 1. The van der Waals surface area contributed by atoms with Crippen molar-refractivity contribution in [2.24, 2.45) is 34.8 Å². The molecule has 1 aromatic rings. The standard InChI is InChI=1S/C41H67N2O12P/c1-23(16-24(2)18-36(42)45)17-25(3)26(4)19-27(5)37(46)28(6)32(44)20-34(50-11)38-39(55-56(47,48)49)40(9,10)41(54-38)21-35(51-12)29(7)33(53-41)15-13-14-31-22-52-30(8)43-31/h13-14,17-19,22-23,27-29,32-35,37-39,44,46H,15-16,20-21H2,1-12H3,(H2,42,45)(H2,47,48,49)/b14-13+,24-18+,25-17+,26-19-/t23?,27?,28?,29-,32?,33+,34?,35+,37?,38-,39?,41+/m1/s1. The molecule has 2 aliphatic rings. The highest BCUT2D eigenvalue weighted by atomic mass is 31.2.